The van der Waals surface area contributed by atoms with Crippen LogP contribution in [0.1, 0.15) is 187 Å². The van der Waals surface area contributed by atoms with Crippen molar-refractivity contribution in [2.24, 2.45) is 0 Å². The van der Waals surface area contributed by atoms with Gasteiger partial charge >= 0.3 is 0 Å². The second-order valence-corrected chi connectivity index (χ2v) is 13.5. The lowest BCUT2D eigenvalue weighted by Crippen LogP contribution is -2.45. The number of nitrogens with one attached hydrogen (secondary N) is 1. The molecule has 0 aliphatic rings. The van der Waals surface area contributed by atoms with Crippen molar-refractivity contribution in [1.29, 1.82) is 0 Å². The Morgan fingerprint density at radius 2 is 0.915 bits per heavy atom. The van der Waals surface area contributed by atoms with Gasteiger partial charge in [-0.1, -0.05) is 159 Å². The summed E-state index contributed by atoms with van der Waals surface area (Å²) in [5, 5.41) is 33.0. The van der Waals surface area contributed by atoms with Gasteiger partial charge in [-0.2, -0.15) is 0 Å². The molecule has 0 aliphatic heterocycles. The molecule has 0 heterocycles. The maximum Gasteiger partial charge on any atom is 0.222 e. The fourth-order valence-electron chi connectivity index (χ4n) is 5.72. The predicted octanol–water partition coefficient (Wildman–Crippen LogP) is 11.0. The summed E-state index contributed by atoms with van der Waals surface area (Å²) in [6.07, 6.45) is 46.8. The van der Waals surface area contributed by atoms with E-state index in [0.29, 0.717) is 6.42 Å². The normalized spacial score (nSPS) is 14.2. The van der Waals surface area contributed by atoms with Crippen LogP contribution in [0, 0.1) is 0 Å². The molecule has 5 nitrogen and oxygen atoms in total. The van der Waals surface area contributed by atoms with Crippen LogP contribution >= 0.6 is 0 Å². The van der Waals surface area contributed by atoms with E-state index in [9.17, 15) is 20.1 Å². The molecule has 3 atom stereocenters. The number of amides is 1. The molecule has 0 bridgehead atoms. The van der Waals surface area contributed by atoms with Crippen molar-refractivity contribution in [3.8, 4) is 0 Å². The number of aliphatic hydroxyl groups is 3. The minimum absolute atomic E-state index is 0.0201. The van der Waals surface area contributed by atoms with Crippen molar-refractivity contribution < 1.29 is 20.1 Å². The zero-order chi connectivity index (χ0) is 34.5. The van der Waals surface area contributed by atoms with E-state index in [1.807, 2.05) is 6.08 Å². The highest BCUT2D eigenvalue weighted by Crippen LogP contribution is 2.13. The molecule has 0 saturated heterocycles. The Balaban J connectivity index is 3.81. The predicted molar refractivity (Wildman–Crippen MR) is 204 cm³/mol. The molecule has 0 spiro atoms. The number of unbranched alkanes of at least 4 members (excludes halogenated alkanes) is 20. The second-order valence-electron chi connectivity index (χ2n) is 13.5. The molecular weight excluding hydrogens is 582 g/mol. The van der Waals surface area contributed by atoms with E-state index < -0.39 is 18.2 Å². The van der Waals surface area contributed by atoms with Gasteiger partial charge in [-0.15, -0.1) is 0 Å². The minimum atomic E-state index is -0.965. The highest BCUT2D eigenvalue weighted by Gasteiger charge is 2.19. The van der Waals surface area contributed by atoms with Crippen molar-refractivity contribution in [1.82, 2.24) is 5.32 Å². The van der Waals surface area contributed by atoms with Crippen molar-refractivity contribution in [3.05, 3.63) is 48.6 Å². The molecule has 0 fully saturated rings. The van der Waals surface area contributed by atoms with Crippen LogP contribution in [0.5, 0.6) is 0 Å². The first-order chi connectivity index (χ1) is 23.0. The smallest absolute Gasteiger partial charge is 0.222 e. The molecule has 0 radical (unpaired) electrons. The molecule has 0 rings (SSSR count). The van der Waals surface area contributed by atoms with Gasteiger partial charge in [0.25, 0.3) is 0 Å². The summed E-state index contributed by atoms with van der Waals surface area (Å²) >= 11 is 0. The molecule has 5 heteroatoms. The molecule has 4 N–H and O–H groups in total. The molecule has 0 saturated carbocycles. The summed E-state index contributed by atoms with van der Waals surface area (Å²) in [7, 11) is 0. The maximum atomic E-state index is 12.3. The van der Waals surface area contributed by atoms with Gasteiger partial charge in [0.1, 0.15) is 0 Å². The van der Waals surface area contributed by atoms with E-state index in [-0.39, 0.29) is 18.9 Å². The average Bonchev–Trinajstić information content (AvgIpc) is 3.06. The fourth-order valence-corrected chi connectivity index (χ4v) is 5.72. The SMILES string of the molecule is CCCCCCCC/C=C\CCCC(O)CC(=O)NC(CO)C(O)/C=C/CC/C=C/CC/C=C/CCCCCCCCCCCCC. The van der Waals surface area contributed by atoms with E-state index in [4.69, 9.17) is 0 Å². The molecule has 0 aromatic heterocycles. The van der Waals surface area contributed by atoms with Crippen molar-refractivity contribution in [3.63, 3.8) is 0 Å². The zero-order valence-electron chi connectivity index (χ0n) is 30.9. The van der Waals surface area contributed by atoms with Gasteiger partial charge in [-0.3, -0.25) is 4.79 Å². The molecule has 3 unspecified atom stereocenters. The van der Waals surface area contributed by atoms with Crippen LogP contribution in [0.25, 0.3) is 0 Å². The Labute approximate surface area is 291 Å². The topological polar surface area (TPSA) is 89.8 Å². The van der Waals surface area contributed by atoms with Gasteiger partial charge in [0.15, 0.2) is 0 Å². The van der Waals surface area contributed by atoms with Crippen LogP contribution in [0.4, 0.5) is 0 Å². The van der Waals surface area contributed by atoms with Gasteiger partial charge in [0, 0.05) is 0 Å². The third-order valence-electron chi connectivity index (χ3n) is 8.82. The van der Waals surface area contributed by atoms with Crippen molar-refractivity contribution in [2.75, 3.05) is 6.61 Å². The Bertz CT molecular complexity index is 775. The van der Waals surface area contributed by atoms with Crippen LogP contribution in [0.2, 0.25) is 0 Å². The highest BCUT2D eigenvalue weighted by molar-refractivity contribution is 5.76. The number of hydrogen-bond donors (Lipinski definition) is 4. The summed E-state index contributed by atoms with van der Waals surface area (Å²) in [4.78, 5) is 12.3. The number of carbonyl (C=O) groups excluding carboxylic acids is 1. The lowest BCUT2D eigenvalue weighted by atomic mass is 10.1. The summed E-state index contributed by atoms with van der Waals surface area (Å²) in [5.74, 6) is -0.349. The first-order valence-electron chi connectivity index (χ1n) is 19.9. The maximum absolute atomic E-state index is 12.3. The quantitative estimate of drug-likeness (QED) is 0.0402. The van der Waals surface area contributed by atoms with E-state index in [1.165, 1.54) is 116 Å². The number of rotatable bonds is 35. The minimum Gasteiger partial charge on any atom is -0.394 e. The molecule has 274 valence electrons. The Hall–Kier alpha value is -1.69. The van der Waals surface area contributed by atoms with Crippen LogP contribution in [0.15, 0.2) is 48.6 Å². The van der Waals surface area contributed by atoms with Crippen molar-refractivity contribution in [2.45, 2.75) is 205 Å². The average molecular weight is 660 g/mol. The standard InChI is InChI=1S/C42H77NO4/c1-3-5-7-9-11-13-15-16-17-18-19-20-21-22-23-24-26-28-30-32-34-36-41(46)40(38-44)43-42(47)37-39(45)35-33-31-29-27-25-14-12-10-8-6-4-2/h21-22,26-29,34,36,39-41,44-46H,3-20,23-25,30-33,35,37-38H2,1-2H3,(H,43,47)/b22-21+,28-26+,29-27-,36-34+. The van der Waals surface area contributed by atoms with E-state index in [1.54, 1.807) is 6.08 Å². The van der Waals surface area contributed by atoms with Gasteiger partial charge < -0.3 is 20.6 Å². The number of carbonyl (C=O) groups is 1. The number of hydrogen-bond acceptors (Lipinski definition) is 4. The van der Waals surface area contributed by atoms with E-state index in [2.05, 4.69) is 55.6 Å². The molecule has 0 aromatic rings. The first kappa shape index (κ1) is 45.3. The largest absolute Gasteiger partial charge is 0.394 e. The Kier molecular flexibility index (Phi) is 35.8. The van der Waals surface area contributed by atoms with Crippen LogP contribution in [-0.4, -0.2) is 46.1 Å². The lowest BCUT2D eigenvalue weighted by Gasteiger charge is -2.20. The Morgan fingerprint density at radius 1 is 0.532 bits per heavy atom. The number of aliphatic hydroxyl groups excluding tert-OH is 3. The first-order valence-corrected chi connectivity index (χ1v) is 19.9. The van der Waals surface area contributed by atoms with Gasteiger partial charge in [-0.05, 0) is 70.6 Å². The summed E-state index contributed by atoms with van der Waals surface area (Å²) in [5.41, 5.74) is 0. The number of allylic oxidation sites excluding steroid dienone is 7. The zero-order valence-corrected chi connectivity index (χ0v) is 30.9. The van der Waals surface area contributed by atoms with Crippen molar-refractivity contribution >= 4 is 5.91 Å². The summed E-state index contributed by atoms with van der Waals surface area (Å²) < 4.78 is 0. The summed E-state index contributed by atoms with van der Waals surface area (Å²) in [6, 6.07) is -0.775. The molecule has 1 amide bonds. The lowest BCUT2D eigenvalue weighted by molar-refractivity contribution is -0.124. The van der Waals surface area contributed by atoms with E-state index in [0.717, 1.165) is 44.9 Å². The highest BCUT2D eigenvalue weighted by atomic mass is 16.3. The molecule has 47 heavy (non-hydrogen) atoms. The molecular formula is C42H77NO4. The van der Waals surface area contributed by atoms with Crippen LogP contribution < -0.4 is 5.32 Å². The van der Waals surface area contributed by atoms with Gasteiger partial charge in [0.05, 0.1) is 31.3 Å². The van der Waals surface area contributed by atoms with E-state index >= 15 is 0 Å². The monoisotopic (exact) mass is 660 g/mol. The fraction of sp³-hybridized carbons (Fsp3) is 0.786. The molecule has 0 aromatic carbocycles. The molecule has 0 aliphatic carbocycles. The van der Waals surface area contributed by atoms with Gasteiger partial charge in [-0.25, -0.2) is 0 Å². The van der Waals surface area contributed by atoms with Gasteiger partial charge in [0.2, 0.25) is 5.91 Å². The van der Waals surface area contributed by atoms with Crippen LogP contribution in [-0.2, 0) is 4.79 Å². The third kappa shape index (κ3) is 34.0. The summed E-state index contributed by atoms with van der Waals surface area (Å²) in [6.45, 7) is 4.16. The van der Waals surface area contributed by atoms with Crippen LogP contribution in [0.3, 0.4) is 0 Å². The Morgan fingerprint density at radius 3 is 1.36 bits per heavy atom. The second kappa shape index (κ2) is 37.1. The third-order valence-corrected chi connectivity index (χ3v) is 8.82.